The zero-order valence-corrected chi connectivity index (χ0v) is 15.0. The molecule has 1 aromatic carbocycles. The fourth-order valence-corrected chi connectivity index (χ4v) is 3.52. The van der Waals surface area contributed by atoms with E-state index in [-0.39, 0.29) is 5.60 Å². The van der Waals surface area contributed by atoms with Crippen LogP contribution in [0.2, 0.25) is 0 Å². The molecule has 1 heterocycles. The normalized spacial score (nSPS) is 21.0. The molecule has 116 valence electrons. The van der Waals surface area contributed by atoms with E-state index in [2.05, 4.69) is 35.1 Å². The van der Waals surface area contributed by atoms with E-state index in [1.807, 2.05) is 18.2 Å². The zero-order valence-electron chi connectivity index (χ0n) is 12.6. The van der Waals surface area contributed by atoms with Gasteiger partial charge in [-0.05, 0) is 59.8 Å². The van der Waals surface area contributed by atoms with E-state index in [9.17, 15) is 0 Å². The molecule has 0 spiro atoms. The summed E-state index contributed by atoms with van der Waals surface area (Å²) in [4.78, 5) is 0.421. The molecule has 1 fully saturated rings. The summed E-state index contributed by atoms with van der Waals surface area (Å²) in [5.74, 6) is 0. The van der Waals surface area contributed by atoms with E-state index in [0.717, 1.165) is 48.0 Å². The van der Waals surface area contributed by atoms with E-state index < -0.39 is 0 Å². The lowest BCUT2D eigenvalue weighted by Crippen LogP contribution is -2.43. The second-order valence-electron chi connectivity index (χ2n) is 5.63. The first-order valence-electron chi connectivity index (χ1n) is 7.49. The second-order valence-corrected chi connectivity index (χ2v) is 6.93. The Hall–Kier alpha value is -0.650. The molecule has 3 nitrogen and oxygen atoms in total. The van der Waals surface area contributed by atoms with Crippen molar-refractivity contribution in [1.29, 1.82) is 0 Å². The Morgan fingerprint density at radius 1 is 1.48 bits per heavy atom. The first kappa shape index (κ1) is 16.7. The van der Waals surface area contributed by atoms with Gasteiger partial charge in [0.2, 0.25) is 0 Å². The maximum atomic E-state index is 6.03. The minimum Gasteiger partial charge on any atom is -0.389 e. The van der Waals surface area contributed by atoms with Gasteiger partial charge in [0.25, 0.3) is 0 Å². The van der Waals surface area contributed by atoms with Gasteiger partial charge in [0.05, 0.1) is 5.60 Å². The van der Waals surface area contributed by atoms with Crippen LogP contribution in [-0.4, -0.2) is 23.2 Å². The van der Waals surface area contributed by atoms with Crippen molar-refractivity contribution in [2.75, 3.05) is 11.9 Å². The standard InChI is InChI=1S/C16H23BrN2OS/c1-3-16(4-2)10-12(7-8-20-16)19-14-6-5-11(15(18)21)9-13(14)17/h5-6,9,12,19H,3-4,7-8,10H2,1-2H3,(H2,18,21). The topological polar surface area (TPSA) is 47.3 Å². The number of nitrogens with one attached hydrogen (secondary N) is 1. The van der Waals surface area contributed by atoms with Crippen molar-refractivity contribution in [2.45, 2.75) is 51.2 Å². The average molecular weight is 371 g/mol. The molecule has 1 unspecified atom stereocenters. The van der Waals surface area contributed by atoms with Crippen LogP contribution in [-0.2, 0) is 4.74 Å². The monoisotopic (exact) mass is 370 g/mol. The average Bonchev–Trinajstić information content (AvgIpc) is 2.49. The predicted molar refractivity (Wildman–Crippen MR) is 95.9 cm³/mol. The number of hydrogen-bond donors (Lipinski definition) is 2. The Morgan fingerprint density at radius 2 is 2.19 bits per heavy atom. The largest absolute Gasteiger partial charge is 0.389 e. The molecule has 1 aliphatic heterocycles. The molecule has 0 aliphatic carbocycles. The molecule has 2 rings (SSSR count). The number of nitrogens with two attached hydrogens (primary N) is 1. The van der Waals surface area contributed by atoms with Crippen molar-refractivity contribution >= 4 is 38.8 Å². The fraction of sp³-hybridized carbons (Fsp3) is 0.562. The molecule has 0 bridgehead atoms. The highest BCUT2D eigenvalue weighted by atomic mass is 79.9. The summed E-state index contributed by atoms with van der Waals surface area (Å²) >= 11 is 8.60. The van der Waals surface area contributed by atoms with Gasteiger partial charge in [-0.15, -0.1) is 0 Å². The number of anilines is 1. The van der Waals surface area contributed by atoms with Crippen LogP contribution in [0.5, 0.6) is 0 Å². The summed E-state index contributed by atoms with van der Waals surface area (Å²) in [5, 5.41) is 3.63. The minimum absolute atomic E-state index is 0.0289. The molecule has 5 heteroatoms. The van der Waals surface area contributed by atoms with Crippen LogP contribution >= 0.6 is 28.1 Å². The van der Waals surface area contributed by atoms with E-state index in [0.29, 0.717) is 11.0 Å². The lowest BCUT2D eigenvalue weighted by atomic mass is 9.86. The van der Waals surface area contributed by atoms with Gasteiger partial charge in [0, 0.05) is 28.4 Å². The van der Waals surface area contributed by atoms with Crippen molar-refractivity contribution < 1.29 is 4.74 Å². The van der Waals surface area contributed by atoms with Gasteiger partial charge in [0.15, 0.2) is 0 Å². The molecule has 0 saturated carbocycles. The molecular formula is C16H23BrN2OS. The summed E-state index contributed by atoms with van der Waals surface area (Å²) in [6.45, 7) is 5.24. The van der Waals surface area contributed by atoms with Gasteiger partial charge in [-0.1, -0.05) is 26.1 Å². The number of hydrogen-bond acceptors (Lipinski definition) is 3. The van der Waals surface area contributed by atoms with Crippen molar-refractivity contribution in [2.24, 2.45) is 5.73 Å². The highest BCUT2D eigenvalue weighted by Gasteiger charge is 2.34. The summed E-state index contributed by atoms with van der Waals surface area (Å²) in [6.07, 6.45) is 4.20. The Morgan fingerprint density at radius 3 is 2.76 bits per heavy atom. The Labute approximate surface area is 140 Å². The SMILES string of the molecule is CCC1(CC)CC(Nc2ccc(C(N)=S)cc2Br)CCO1. The van der Waals surface area contributed by atoms with Gasteiger partial charge in [0.1, 0.15) is 4.99 Å². The highest BCUT2D eigenvalue weighted by Crippen LogP contribution is 2.34. The maximum absolute atomic E-state index is 6.03. The van der Waals surface area contributed by atoms with Crippen LogP contribution in [0.1, 0.15) is 45.1 Å². The Balaban J connectivity index is 2.09. The van der Waals surface area contributed by atoms with Crippen LogP contribution in [0, 0.1) is 0 Å². The molecule has 1 saturated heterocycles. The number of ether oxygens (including phenoxy) is 1. The fourth-order valence-electron chi connectivity index (χ4n) is 2.90. The molecule has 3 N–H and O–H groups in total. The van der Waals surface area contributed by atoms with Gasteiger partial charge in [-0.2, -0.15) is 0 Å². The third-order valence-corrected chi connectivity index (χ3v) is 5.29. The molecule has 1 aliphatic rings. The molecule has 1 aromatic rings. The third-order valence-electron chi connectivity index (χ3n) is 4.39. The van der Waals surface area contributed by atoms with E-state index in [4.69, 9.17) is 22.7 Å². The highest BCUT2D eigenvalue weighted by molar-refractivity contribution is 9.10. The van der Waals surface area contributed by atoms with Crippen LogP contribution < -0.4 is 11.1 Å². The quantitative estimate of drug-likeness (QED) is 0.761. The number of benzene rings is 1. The van der Waals surface area contributed by atoms with Crippen molar-refractivity contribution in [1.82, 2.24) is 0 Å². The molecular weight excluding hydrogens is 348 g/mol. The van der Waals surface area contributed by atoms with Gasteiger partial charge < -0.3 is 15.8 Å². The second kappa shape index (κ2) is 7.07. The van der Waals surface area contributed by atoms with E-state index >= 15 is 0 Å². The lowest BCUT2D eigenvalue weighted by molar-refractivity contribution is -0.0864. The van der Waals surface area contributed by atoms with E-state index in [1.54, 1.807) is 0 Å². The predicted octanol–water partition coefficient (Wildman–Crippen LogP) is 4.23. The van der Waals surface area contributed by atoms with Gasteiger partial charge in [-0.3, -0.25) is 0 Å². The van der Waals surface area contributed by atoms with Crippen LogP contribution in [0.15, 0.2) is 22.7 Å². The van der Waals surface area contributed by atoms with Crippen molar-refractivity contribution in [3.05, 3.63) is 28.2 Å². The molecule has 0 aromatic heterocycles. The van der Waals surface area contributed by atoms with Crippen LogP contribution in [0.25, 0.3) is 0 Å². The van der Waals surface area contributed by atoms with Crippen molar-refractivity contribution in [3.63, 3.8) is 0 Å². The first-order chi connectivity index (χ1) is 9.99. The number of rotatable bonds is 5. The first-order valence-corrected chi connectivity index (χ1v) is 8.69. The number of thiocarbonyl (C=S) groups is 1. The van der Waals surface area contributed by atoms with Gasteiger partial charge in [-0.25, -0.2) is 0 Å². The van der Waals surface area contributed by atoms with Crippen LogP contribution in [0.4, 0.5) is 5.69 Å². The van der Waals surface area contributed by atoms with E-state index in [1.165, 1.54) is 0 Å². The summed E-state index contributed by atoms with van der Waals surface area (Å²) in [5.41, 5.74) is 7.66. The third kappa shape index (κ3) is 3.96. The summed E-state index contributed by atoms with van der Waals surface area (Å²) in [7, 11) is 0. The number of halogens is 1. The zero-order chi connectivity index (χ0) is 15.5. The minimum atomic E-state index is 0.0289. The summed E-state index contributed by atoms with van der Waals surface area (Å²) < 4.78 is 7.03. The van der Waals surface area contributed by atoms with Gasteiger partial charge >= 0.3 is 0 Å². The molecule has 21 heavy (non-hydrogen) atoms. The smallest absolute Gasteiger partial charge is 0.104 e. The maximum Gasteiger partial charge on any atom is 0.104 e. The Kier molecular flexibility index (Phi) is 5.63. The summed E-state index contributed by atoms with van der Waals surface area (Å²) in [6, 6.07) is 6.40. The Bertz CT molecular complexity index is 517. The van der Waals surface area contributed by atoms with Crippen LogP contribution in [0.3, 0.4) is 0 Å². The van der Waals surface area contributed by atoms with Crippen molar-refractivity contribution in [3.8, 4) is 0 Å². The lowest BCUT2D eigenvalue weighted by Gasteiger charge is -2.40. The molecule has 1 atom stereocenters. The molecule has 0 amide bonds. The molecule has 0 radical (unpaired) electrons.